The molecule has 3 N–H and O–H groups in total. The van der Waals surface area contributed by atoms with E-state index in [1.165, 1.54) is 6.20 Å². The molecule has 1 heterocycles. The van der Waals surface area contributed by atoms with Gasteiger partial charge < -0.3 is 15.8 Å². The Labute approximate surface area is 153 Å². The lowest BCUT2D eigenvalue weighted by atomic mass is 9.80. The Bertz CT molecular complexity index is 738. The molecule has 0 bridgehead atoms. The van der Waals surface area contributed by atoms with Gasteiger partial charge in [0.25, 0.3) is 0 Å². The number of rotatable bonds is 5. The maximum absolute atomic E-state index is 12.8. The Morgan fingerprint density at radius 3 is 2.68 bits per heavy atom. The minimum Gasteiger partial charge on any atom is -0.463 e. The first kappa shape index (κ1) is 19.1. The van der Waals surface area contributed by atoms with E-state index >= 15 is 0 Å². The molecule has 0 amide bonds. The quantitative estimate of drug-likeness (QED) is 0.787. The number of esters is 1. The molecule has 0 saturated carbocycles. The molecule has 1 aromatic rings. The molecule has 5 nitrogen and oxygen atoms in total. The Balaban J connectivity index is 2.74. The number of benzene rings is 1. The van der Waals surface area contributed by atoms with Crippen molar-refractivity contribution in [3.8, 4) is 0 Å². The first-order chi connectivity index (χ1) is 12.1. The fraction of sp³-hybridized carbons (Fsp3) is 0.368. The topological polar surface area (TPSA) is 76.7 Å². The van der Waals surface area contributed by atoms with E-state index in [1.54, 1.807) is 20.0 Å². The van der Waals surface area contributed by atoms with Crippen molar-refractivity contribution in [2.75, 3.05) is 13.7 Å². The summed E-state index contributed by atoms with van der Waals surface area (Å²) in [5, 5.41) is 3.82. The molecule has 1 aliphatic rings. The van der Waals surface area contributed by atoms with Gasteiger partial charge in [0.1, 0.15) is 5.84 Å². The second-order valence-electron chi connectivity index (χ2n) is 5.64. The number of aliphatic imine (C=N–C) groups is 1. The fourth-order valence-electron chi connectivity index (χ4n) is 3.04. The number of ether oxygens (including phenoxy) is 1. The van der Waals surface area contributed by atoms with Crippen LogP contribution in [0.25, 0.3) is 0 Å². The van der Waals surface area contributed by atoms with Gasteiger partial charge in [-0.25, -0.2) is 4.79 Å². The van der Waals surface area contributed by atoms with Crippen LogP contribution in [0.5, 0.6) is 0 Å². The number of hydrogen-bond acceptors (Lipinski definition) is 4. The highest BCUT2D eigenvalue weighted by molar-refractivity contribution is 6.31. The molecular weight excluding hydrogens is 338 g/mol. The minimum absolute atomic E-state index is 0.299. The van der Waals surface area contributed by atoms with E-state index in [2.05, 4.69) is 17.2 Å². The molecule has 0 saturated heterocycles. The summed E-state index contributed by atoms with van der Waals surface area (Å²) in [6.45, 7) is 4.14. The average molecular weight is 362 g/mol. The fourth-order valence-corrected chi connectivity index (χ4v) is 3.28. The largest absolute Gasteiger partial charge is 0.463 e. The number of hydrogen-bond donors (Lipinski definition) is 2. The summed E-state index contributed by atoms with van der Waals surface area (Å²) >= 11 is 6.44. The van der Waals surface area contributed by atoms with Crippen molar-refractivity contribution in [3.63, 3.8) is 0 Å². The first-order valence-electron chi connectivity index (χ1n) is 8.39. The lowest BCUT2D eigenvalue weighted by molar-refractivity contribution is -0.138. The molecule has 1 unspecified atom stereocenters. The second-order valence-corrected chi connectivity index (χ2v) is 6.04. The molecule has 1 aromatic carbocycles. The van der Waals surface area contributed by atoms with Gasteiger partial charge in [0.15, 0.2) is 0 Å². The zero-order valence-electron chi connectivity index (χ0n) is 14.8. The molecule has 1 aliphatic heterocycles. The van der Waals surface area contributed by atoms with Gasteiger partial charge in [-0.15, -0.1) is 0 Å². The molecule has 0 aromatic heterocycles. The van der Waals surface area contributed by atoms with Gasteiger partial charge in [-0.1, -0.05) is 43.1 Å². The standard InChI is InChI=1S/C19H24ClN3O2/c1-4-8-15-17(19(24)25-5-2)16(12-9-6-7-10-14(12)20)13(11-21)18(22-3)23-15/h6-7,9-11,16H,4-5,8,21H2,1-3H3,(H,22,23). The van der Waals surface area contributed by atoms with Gasteiger partial charge >= 0.3 is 5.97 Å². The summed E-state index contributed by atoms with van der Waals surface area (Å²) in [7, 11) is 1.69. The van der Waals surface area contributed by atoms with Crippen molar-refractivity contribution >= 4 is 23.4 Å². The van der Waals surface area contributed by atoms with Crippen molar-refractivity contribution in [1.29, 1.82) is 0 Å². The molecule has 134 valence electrons. The lowest BCUT2D eigenvalue weighted by Crippen LogP contribution is -2.38. The summed E-state index contributed by atoms with van der Waals surface area (Å²) in [5.74, 6) is -0.138. The van der Waals surface area contributed by atoms with Gasteiger partial charge in [-0.05, 0) is 25.0 Å². The summed E-state index contributed by atoms with van der Waals surface area (Å²) in [5.41, 5.74) is 8.76. The van der Waals surface area contributed by atoms with Gasteiger partial charge in [0.05, 0.1) is 12.2 Å². The van der Waals surface area contributed by atoms with E-state index in [4.69, 9.17) is 22.1 Å². The Morgan fingerprint density at radius 1 is 1.40 bits per heavy atom. The molecule has 1 atom stereocenters. The third-order valence-electron chi connectivity index (χ3n) is 4.08. The Morgan fingerprint density at radius 2 is 2.12 bits per heavy atom. The SMILES string of the molecule is CCCC1=C(C(=O)OCC)C(c2ccccc2Cl)C(=CN)C(=NC)N1. The van der Waals surface area contributed by atoms with E-state index in [9.17, 15) is 4.79 Å². The zero-order chi connectivity index (χ0) is 18.4. The van der Waals surface area contributed by atoms with Crippen molar-refractivity contribution < 1.29 is 9.53 Å². The number of carbonyl (C=O) groups is 1. The minimum atomic E-state index is -0.417. The maximum atomic E-state index is 12.8. The van der Waals surface area contributed by atoms with Crippen LogP contribution in [0.4, 0.5) is 0 Å². The van der Waals surface area contributed by atoms with Crippen LogP contribution in [0.15, 0.2) is 52.3 Å². The summed E-state index contributed by atoms with van der Waals surface area (Å²) < 4.78 is 5.32. The van der Waals surface area contributed by atoms with Crippen LogP contribution >= 0.6 is 11.6 Å². The highest BCUT2D eigenvalue weighted by Crippen LogP contribution is 2.41. The predicted molar refractivity (Wildman–Crippen MR) is 102 cm³/mol. The number of allylic oxidation sites excluding steroid dienone is 1. The average Bonchev–Trinajstić information content (AvgIpc) is 2.61. The van der Waals surface area contributed by atoms with Gasteiger partial charge in [-0.3, -0.25) is 4.99 Å². The molecular formula is C19H24ClN3O2. The van der Waals surface area contributed by atoms with Crippen molar-refractivity contribution in [2.45, 2.75) is 32.6 Å². The number of halogens is 1. The number of carbonyl (C=O) groups excluding carboxylic acids is 1. The van der Waals surface area contributed by atoms with Crippen molar-refractivity contribution in [1.82, 2.24) is 5.32 Å². The third kappa shape index (κ3) is 3.87. The summed E-state index contributed by atoms with van der Waals surface area (Å²) in [4.78, 5) is 17.1. The predicted octanol–water partition coefficient (Wildman–Crippen LogP) is 3.52. The third-order valence-corrected chi connectivity index (χ3v) is 4.43. The van der Waals surface area contributed by atoms with Gasteiger partial charge in [-0.2, -0.15) is 0 Å². The van der Waals surface area contributed by atoms with E-state index in [0.717, 1.165) is 17.7 Å². The molecule has 25 heavy (non-hydrogen) atoms. The molecule has 6 heteroatoms. The molecule has 0 spiro atoms. The van der Waals surface area contributed by atoms with Crippen molar-refractivity contribution in [2.24, 2.45) is 10.7 Å². The summed E-state index contributed by atoms with van der Waals surface area (Å²) in [6, 6.07) is 7.45. The number of amidine groups is 1. The normalized spacial score (nSPS) is 20.7. The Kier molecular flexibility index (Phi) is 6.65. The first-order valence-corrected chi connectivity index (χ1v) is 8.77. The molecule has 0 fully saturated rings. The van der Waals surface area contributed by atoms with Crippen LogP contribution in [0, 0.1) is 0 Å². The van der Waals surface area contributed by atoms with Crippen LogP contribution < -0.4 is 11.1 Å². The molecule has 0 radical (unpaired) electrons. The van der Waals surface area contributed by atoms with E-state index in [1.807, 2.05) is 18.2 Å². The van der Waals surface area contributed by atoms with Crippen LogP contribution in [-0.4, -0.2) is 25.5 Å². The zero-order valence-corrected chi connectivity index (χ0v) is 15.6. The van der Waals surface area contributed by atoms with Gasteiger partial charge in [0, 0.05) is 35.5 Å². The second kappa shape index (κ2) is 8.72. The van der Waals surface area contributed by atoms with Crippen LogP contribution in [-0.2, 0) is 9.53 Å². The molecule has 2 rings (SSSR count). The van der Waals surface area contributed by atoms with Crippen LogP contribution in [0.3, 0.4) is 0 Å². The number of nitrogens with zero attached hydrogens (tertiary/aromatic N) is 1. The highest BCUT2D eigenvalue weighted by Gasteiger charge is 2.37. The monoisotopic (exact) mass is 361 g/mol. The van der Waals surface area contributed by atoms with Crippen molar-refractivity contribution in [3.05, 3.63) is 57.9 Å². The maximum Gasteiger partial charge on any atom is 0.336 e. The number of nitrogens with one attached hydrogen (secondary N) is 1. The van der Waals surface area contributed by atoms with E-state index < -0.39 is 5.92 Å². The van der Waals surface area contributed by atoms with Gasteiger partial charge in [0.2, 0.25) is 0 Å². The highest BCUT2D eigenvalue weighted by atomic mass is 35.5. The number of nitrogens with two attached hydrogens (primary N) is 1. The Hall–Kier alpha value is -2.27. The van der Waals surface area contributed by atoms with E-state index in [0.29, 0.717) is 35.0 Å². The van der Waals surface area contributed by atoms with Crippen LogP contribution in [0.2, 0.25) is 5.02 Å². The van der Waals surface area contributed by atoms with Crippen LogP contribution in [0.1, 0.15) is 38.2 Å². The lowest BCUT2D eigenvalue weighted by Gasteiger charge is -2.32. The molecule has 0 aliphatic carbocycles. The smallest absolute Gasteiger partial charge is 0.336 e. The summed E-state index contributed by atoms with van der Waals surface area (Å²) in [6.07, 6.45) is 3.05. The van der Waals surface area contributed by atoms with E-state index in [-0.39, 0.29) is 5.97 Å².